The van der Waals surface area contributed by atoms with Crippen molar-refractivity contribution in [3.05, 3.63) is 70.2 Å². The zero-order chi connectivity index (χ0) is 13.8. The zero-order valence-electron chi connectivity index (χ0n) is 10.0. The fraction of sp³-hybridized carbons (Fsp3) is 0.200. The minimum atomic E-state index is -0.835. The highest BCUT2D eigenvalue weighted by Crippen LogP contribution is 2.24. The Kier molecular flexibility index (Phi) is 4.78. The van der Waals surface area contributed by atoms with Crippen molar-refractivity contribution < 1.29 is 8.78 Å². The molecule has 1 unspecified atom stereocenters. The van der Waals surface area contributed by atoms with Gasteiger partial charge in [0.25, 0.3) is 0 Å². The molecule has 0 nitrogen and oxygen atoms in total. The number of alkyl halides is 1. The van der Waals surface area contributed by atoms with Crippen LogP contribution in [-0.2, 0) is 6.42 Å². The second-order valence-corrected chi connectivity index (χ2v) is 5.10. The highest BCUT2D eigenvalue weighted by atomic mass is 35.5. The summed E-state index contributed by atoms with van der Waals surface area (Å²) in [6.07, 6.45) is 0.558. The smallest absolute Gasteiger partial charge is 0.159 e. The molecule has 1 atom stereocenters. The first-order valence-corrected chi connectivity index (χ1v) is 6.76. The third-order valence-corrected chi connectivity index (χ3v) is 3.62. The van der Waals surface area contributed by atoms with Crippen molar-refractivity contribution in [1.82, 2.24) is 0 Å². The van der Waals surface area contributed by atoms with Crippen LogP contribution in [0.25, 0.3) is 0 Å². The molecule has 0 saturated carbocycles. The summed E-state index contributed by atoms with van der Waals surface area (Å²) in [6, 6.07) is 11.3. The predicted molar refractivity (Wildman–Crippen MR) is 75.0 cm³/mol. The van der Waals surface area contributed by atoms with E-state index in [0.29, 0.717) is 17.3 Å². The molecule has 2 aromatic carbocycles. The fourth-order valence-corrected chi connectivity index (χ4v) is 2.36. The number of halogens is 4. The van der Waals surface area contributed by atoms with Crippen molar-refractivity contribution in [2.45, 2.75) is 12.3 Å². The monoisotopic (exact) mass is 300 g/mol. The molecule has 0 aromatic heterocycles. The largest absolute Gasteiger partial charge is 0.204 e. The summed E-state index contributed by atoms with van der Waals surface area (Å²) in [7, 11) is 0. The summed E-state index contributed by atoms with van der Waals surface area (Å²) in [6.45, 7) is 0. The Bertz CT molecular complexity index is 553. The fourth-order valence-electron chi connectivity index (χ4n) is 1.95. The van der Waals surface area contributed by atoms with Crippen LogP contribution in [0, 0.1) is 11.6 Å². The van der Waals surface area contributed by atoms with E-state index in [1.807, 2.05) is 12.1 Å². The van der Waals surface area contributed by atoms with Gasteiger partial charge in [0.1, 0.15) is 0 Å². The van der Waals surface area contributed by atoms with Crippen LogP contribution in [0.1, 0.15) is 17.0 Å². The highest BCUT2D eigenvalue weighted by molar-refractivity contribution is 6.30. The molecular formula is C15H12Cl2F2. The normalized spacial score (nSPS) is 12.4. The lowest BCUT2D eigenvalue weighted by molar-refractivity contribution is 0.506. The quantitative estimate of drug-likeness (QED) is 0.682. The van der Waals surface area contributed by atoms with Crippen molar-refractivity contribution in [2.24, 2.45) is 0 Å². The first kappa shape index (κ1) is 14.3. The maximum atomic E-state index is 13.2. The standard InChI is InChI=1S/C15H12Cl2F2/c16-9-12(11-2-4-13(17)5-3-11)7-10-1-6-14(18)15(19)8-10/h1-6,8,12H,7,9H2. The van der Waals surface area contributed by atoms with E-state index < -0.39 is 11.6 Å². The molecule has 2 aromatic rings. The lowest BCUT2D eigenvalue weighted by Gasteiger charge is -2.14. The number of hydrogen-bond acceptors (Lipinski definition) is 0. The highest BCUT2D eigenvalue weighted by Gasteiger charge is 2.12. The molecular weight excluding hydrogens is 289 g/mol. The molecule has 0 N–H and O–H groups in total. The van der Waals surface area contributed by atoms with Gasteiger partial charge in [0, 0.05) is 16.8 Å². The number of hydrogen-bond donors (Lipinski definition) is 0. The molecule has 0 heterocycles. The van der Waals surface area contributed by atoms with Crippen molar-refractivity contribution in [1.29, 1.82) is 0 Å². The van der Waals surface area contributed by atoms with Crippen LogP contribution in [0.3, 0.4) is 0 Å². The summed E-state index contributed by atoms with van der Waals surface area (Å²) in [5, 5.41) is 0.657. The zero-order valence-corrected chi connectivity index (χ0v) is 11.6. The first-order chi connectivity index (χ1) is 9.10. The SMILES string of the molecule is Fc1ccc(CC(CCl)c2ccc(Cl)cc2)cc1F. The van der Waals surface area contributed by atoms with Gasteiger partial charge < -0.3 is 0 Å². The summed E-state index contributed by atoms with van der Waals surface area (Å²) in [5.74, 6) is -1.22. The molecule has 0 aliphatic carbocycles. The number of benzene rings is 2. The van der Waals surface area contributed by atoms with Crippen molar-refractivity contribution >= 4 is 23.2 Å². The first-order valence-electron chi connectivity index (χ1n) is 5.85. The third kappa shape index (κ3) is 3.68. The summed E-state index contributed by atoms with van der Waals surface area (Å²) in [5.41, 5.74) is 1.75. The van der Waals surface area contributed by atoms with Crippen molar-refractivity contribution in [3.8, 4) is 0 Å². The van der Waals surface area contributed by atoms with Crippen LogP contribution in [0.2, 0.25) is 5.02 Å². The maximum absolute atomic E-state index is 13.2. The van der Waals surface area contributed by atoms with Crippen molar-refractivity contribution in [3.63, 3.8) is 0 Å². The minimum Gasteiger partial charge on any atom is -0.204 e. The van der Waals surface area contributed by atoms with Gasteiger partial charge in [0.2, 0.25) is 0 Å². The summed E-state index contributed by atoms with van der Waals surface area (Å²) in [4.78, 5) is 0. The average molecular weight is 301 g/mol. The van der Waals surface area contributed by atoms with Gasteiger partial charge in [-0.1, -0.05) is 29.8 Å². The van der Waals surface area contributed by atoms with E-state index in [1.54, 1.807) is 18.2 Å². The maximum Gasteiger partial charge on any atom is 0.159 e. The van der Waals surface area contributed by atoms with Crippen LogP contribution in [0.4, 0.5) is 8.78 Å². The van der Waals surface area contributed by atoms with Crippen LogP contribution < -0.4 is 0 Å². The van der Waals surface area contributed by atoms with Crippen molar-refractivity contribution in [2.75, 3.05) is 5.88 Å². The van der Waals surface area contributed by atoms with E-state index in [1.165, 1.54) is 6.07 Å². The Labute approximate surface area is 121 Å². The molecule has 0 amide bonds. The molecule has 0 saturated heterocycles. The Morgan fingerprint density at radius 2 is 1.63 bits per heavy atom. The Morgan fingerprint density at radius 1 is 0.947 bits per heavy atom. The molecule has 0 fully saturated rings. The van der Waals surface area contributed by atoms with Gasteiger partial charge in [-0.3, -0.25) is 0 Å². The Hall–Kier alpha value is -1.12. The second-order valence-electron chi connectivity index (χ2n) is 4.36. The summed E-state index contributed by atoms with van der Waals surface area (Å²) < 4.78 is 26.0. The lowest BCUT2D eigenvalue weighted by Crippen LogP contribution is -2.05. The van der Waals surface area contributed by atoms with E-state index >= 15 is 0 Å². The van der Waals surface area contributed by atoms with Crippen LogP contribution in [-0.4, -0.2) is 5.88 Å². The van der Waals surface area contributed by atoms with Gasteiger partial charge in [-0.25, -0.2) is 8.78 Å². The summed E-state index contributed by atoms with van der Waals surface area (Å²) >= 11 is 11.8. The van der Waals surface area contributed by atoms with Gasteiger partial charge in [0.15, 0.2) is 11.6 Å². The third-order valence-electron chi connectivity index (χ3n) is 2.99. The molecule has 4 heteroatoms. The molecule has 100 valence electrons. The second kappa shape index (κ2) is 6.36. The van der Waals surface area contributed by atoms with Gasteiger partial charge in [0.05, 0.1) is 0 Å². The van der Waals surface area contributed by atoms with Crippen LogP contribution in [0.15, 0.2) is 42.5 Å². The average Bonchev–Trinajstić information content (AvgIpc) is 2.41. The molecule has 19 heavy (non-hydrogen) atoms. The van der Waals surface area contributed by atoms with Gasteiger partial charge in [-0.15, -0.1) is 11.6 Å². The topological polar surface area (TPSA) is 0 Å². The van der Waals surface area contributed by atoms with E-state index in [2.05, 4.69) is 0 Å². The molecule has 2 rings (SSSR count). The van der Waals surface area contributed by atoms with Gasteiger partial charge in [-0.2, -0.15) is 0 Å². The van der Waals surface area contributed by atoms with Crippen LogP contribution in [0.5, 0.6) is 0 Å². The van der Waals surface area contributed by atoms with Crippen LogP contribution >= 0.6 is 23.2 Å². The molecule has 0 radical (unpaired) electrons. The van der Waals surface area contributed by atoms with E-state index in [0.717, 1.165) is 17.2 Å². The molecule has 0 aliphatic heterocycles. The Balaban J connectivity index is 2.18. The van der Waals surface area contributed by atoms with Gasteiger partial charge >= 0.3 is 0 Å². The molecule has 0 bridgehead atoms. The van der Waals surface area contributed by atoms with E-state index in [-0.39, 0.29) is 5.92 Å². The lowest BCUT2D eigenvalue weighted by atomic mass is 9.93. The molecule has 0 spiro atoms. The predicted octanol–water partition coefficient (Wildman–Crippen LogP) is 5.18. The molecule has 0 aliphatic rings. The Morgan fingerprint density at radius 3 is 2.21 bits per heavy atom. The van der Waals surface area contributed by atoms with E-state index in [4.69, 9.17) is 23.2 Å². The van der Waals surface area contributed by atoms with Gasteiger partial charge in [-0.05, 0) is 41.8 Å². The minimum absolute atomic E-state index is 0.0452. The van der Waals surface area contributed by atoms with E-state index in [9.17, 15) is 8.78 Å². The number of rotatable bonds is 4.